The van der Waals surface area contributed by atoms with Crippen LogP contribution in [-0.2, 0) is 11.3 Å². The van der Waals surface area contributed by atoms with Crippen LogP contribution in [0.1, 0.15) is 24.8 Å². The van der Waals surface area contributed by atoms with Crippen LogP contribution in [-0.4, -0.2) is 37.0 Å². The van der Waals surface area contributed by atoms with E-state index in [1.807, 2.05) is 29.2 Å². The molecule has 0 bridgehead atoms. The highest BCUT2D eigenvalue weighted by molar-refractivity contribution is 5.76. The summed E-state index contributed by atoms with van der Waals surface area (Å²) in [5.74, 6) is 1.74. The molecule has 3 rings (SSSR count). The van der Waals surface area contributed by atoms with Gasteiger partial charge in [0.05, 0.1) is 6.54 Å². The lowest BCUT2D eigenvalue weighted by Crippen LogP contribution is -2.36. The minimum Gasteiger partial charge on any atom is -0.491 e. The third-order valence-corrected chi connectivity index (χ3v) is 4.23. The molecule has 2 heterocycles. The summed E-state index contributed by atoms with van der Waals surface area (Å²) in [6.07, 6.45) is 2.92. The van der Waals surface area contributed by atoms with E-state index in [0.717, 1.165) is 37.2 Å². The van der Waals surface area contributed by atoms with Crippen LogP contribution in [0.25, 0.3) is 0 Å². The van der Waals surface area contributed by atoms with Crippen molar-refractivity contribution in [2.24, 2.45) is 5.92 Å². The predicted molar refractivity (Wildman–Crippen MR) is 77.6 cm³/mol. The van der Waals surface area contributed by atoms with Gasteiger partial charge in [-0.1, -0.05) is 18.2 Å². The number of rotatable bonds is 2. The van der Waals surface area contributed by atoms with Gasteiger partial charge in [0.2, 0.25) is 5.91 Å². The standard InChI is InChI=1S/C16H22N2O2/c19-16(11-13-5-7-17-8-6-13)18-9-10-20-15-4-2-1-3-14(15)12-18/h1-4,13,17H,5-12H2. The first-order chi connectivity index (χ1) is 9.83. The number of amides is 1. The molecule has 0 saturated carbocycles. The number of ether oxygens (including phenoxy) is 1. The molecule has 0 spiro atoms. The monoisotopic (exact) mass is 274 g/mol. The Kier molecular flexibility index (Phi) is 4.21. The summed E-state index contributed by atoms with van der Waals surface area (Å²) >= 11 is 0. The summed E-state index contributed by atoms with van der Waals surface area (Å²) < 4.78 is 5.71. The summed E-state index contributed by atoms with van der Waals surface area (Å²) in [4.78, 5) is 14.4. The zero-order valence-electron chi connectivity index (χ0n) is 11.8. The number of para-hydroxylation sites is 1. The zero-order chi connectivity index (χ0) is 13.8. The number of piperidine rings is 1. The lowest BCUT2D eigenvalue weighted by atomic mass is 9.94. The molecular weight excluding hydrogens is 252 g/mol. The maximum atomic E-state index is 12.5. The molecule has 0 aromatic heterocycles. The molecule has 1 fully saturated rings. The smallest absolute Gasteiger partial charge is 0.223 e. The Balaban J connectivity index is 1.63. The van der Waals surface area contributed by atoms with Gasteiger partial charge in [-0.05, 0) is 37.9 Å². The van der Waals surface area contributed by atoms with Crippen LogP contribution in [0.5, 0.6) is 5.75 Å². The lowest BCUT2D eigenvalue weighted by molar-refractivity contribution is -0.133. The van der Waals surface area contributed by atoms with Crippen LogP contribution in [0.2, 0.25) is 0 Å². The fourth-order valence-electron chi connectivity index (χ4n) is 3.00. The van der Waals surface area contributed by atoms with Crippen molar-refractivity contribution >= 4 is 5.91 Å². The van der Waals surface area contributed by atoms with E-state index in [-0.39, 0.29) is 5.91 Å². The maximum absolute atomic E-state index is 12.5. The maximum Gasteiger partial charge on any atom is 0.223 e. The second kappa shape index (κ2) is 6.27. The Morgan fingerprint density at radius 3 is 2.95 bits per heavy atom. The minimum absolute atomic E-state index is 0.275. The first kappa shape index (κ1) is 13.4. The second-order valence-electron chi connectivity index (χ2n) is 5.67. The van der Waals surface area contributed by atoms with E-state index in [9.17, 15) is 4.79 Å². The molecule has 4 nitrogen and oxygen atoms in total. The predicted octanol–water partition coefficient (Wildman–Crippen LogP) is 1.80. The van der Waals surface area contributed by atoms with Gasteiger partial charge in [0.15, 0.2) is 0 Å². The molecule has 0 radical (unpaired) electrons. The molecule has 1 N–H and O–H groups in total. The second-order valence-corrected chi connectivity index (χ2v) is 5.67. The van der Waals surface area contributed by atoms with E-state index in [1.165, 1.54) is 0 Å². The highest BCUT2D eigenvalue weighted by Gasteiger charge is 2.23. The fourth-order valence-corrected chi connectivity index (χ4v) is 3.00. The average Bonchev–Trinajstić information content (AvgIpc) is 2.70. The quantitative estimate of drug-likeness (QED) is 0.894. The molecule has 0 unspecified atom stereocenters. The summed E-state index contributed by atoms with van der Waals surface area (Å²) in [5, 5.41) is 3.35. The van der Waals surface area contributed by atoms with Crippen LogP contribution in [0.15, 0.2) is 24.3 Å². The van der Waals surface area contributed by atoms with Gasteiger partial charge in [0, 0.05) is 18.5 Å². The third-order valence-electron chi connectivity index (χ3n) is 4.23. The molecule has 1 amide bonds. The van der Waals surface area contributed by atoms with Gasteiger partial charge in [-0.25, -0.2) is 0 Å². The first-order valence-corrected chi connectivity index (χ1v) is 7.52. The Hall–Kier alpha value is -1.55. The number of nitrogens with one attached hydrogen (secondary N) is 1. The Bertz CT molecular complexity index is 469. The first-order valence-electron chi connectivity index (χ1n) is 7.52. The minimum atomic E-state index is 0.275. The van der Waals surface area contributed by atoms with E-state index < -0.39 is 0 Å². The largest absolute Gasteiger partial charge is 0.491 e. The van der Waals surface area contributed by atoms with Crippen molar-refractivity contribution in [1.29, 1.82) is 0 Å². The molecule has 1 saturated heterocycles. The van der Waals surface area contributed by atoms with Gasteiger partial charge < -0.3 is 15.0 Å². The van der Waals surface area contributed by atoms with Crippen molar-refractivity contribution < 1.29 is 9.53 Å². The van der Waals surface area contributed by atoms with Crippen molar-refractivity contribution in [3.05, 3.63) is 29.8 Å². The van der Waals surface area contributed by atoms with Crippen molar-refractivity contribution in [3.63, 3.8) is 0 Å². The highest BCUT2D eigenvalue weighted by atomic mass is 16.5. The number of fused-ring (bicyclic) bond motifs is 1. The molecule has 4 heteroatoms. The average molecular weight is 274 g/mol. The number of hydrogen-bond donors (Lipinski definition) is 1. The Labute approximate surface area is 120 Å². The molecule has 108 valence electrons. The van der Waals surface area contributed by atoms with Crippen LogP contribution in [0.3, 0.4) is 0 Å². The third kappa shape index (κ3) is 3.12. The Morgan fingerprint density at radius 2 is 2.10 bits per heavy atom. The SMILES string of the molecule is O=C(CC1CCNCC1)N1CCOc2ccccc2C1. The van der Waals surface area contributed by atoms with E-state index in [0.29, 0.717) is 32.0 Å². The van der Waals surface area contributed by atoms with Gasteiger partial charge in [0.25, 0.3) is 0 Å². The molecule has 1 aromatic rings. The van der Waals surface area contributed by atoms with Gasteiger partial charge in [-0.15, -0.1) is 0 Å². The number of hydrogen-bond acceptors (Lipinski definition) is 3. The Morgan fingerprint density at radius 1 is 1.30 bits per heavy atom. The topological polar surface area (TPSA) is 41.6 Å². The molecule has 2 aliphatic heterocycles. The van der Waals surface area contributed by atoms with Crippen molar-refractivity contribution in [2.75, 3.05) is 26.2 Å². The number of carbonyl (C=O) groups is 1. The molecule has 0 atom stereocenters. The van der Waals surface area contributed by atoms with Gasteiger partial charge in [-0.3, -0.25) is 4.79 Å². The summed E-state index contributed by atoms with van der Waals surface area (Å²) in [6, 6.07) is 8.01. The van der Waals surface area contributed by atoms with Crippen molar-refractivity contribution in [3.8, 4) is 5.75 Å². The molecule has 1 aromatic carbocycles. The normalized spacial score (nSPS) is 19.9. The molecule has 2 aliphatic rings. The number of nitrogens with zero attached hydrogens (tertiary/aromatic N) is 1. The van der Waals surface area contributed by atoms with Gasteiger partial charge in [0.1, 0.15) is 12.4 Å². The van der Waals surface area contributed by atoms with Crippen LogP contribution in [0, 0.1) is 5.92 Å². The van der Waals surface area contributed by atoms with Crippen LogP contribution >= 0.6 is 0 Å². The van der Waals surface area contributed by atoms with Crippen LogP contribution < -0.4 is 10.1 Å². The van der Waals surface area contributed by atoms with Gasteiger partial charge >= 0.3 is 0 Å². The summed E-state index contributed by atoms with van der Waals surface area (Å²) in [6.45, 7) is 4.06. The molecular formula is C16H22N2O2. The van der Waals surface area contributed by atoms with E-state index in [1.54, 1.807) is 0 Å². The van der Waals surface area contributed by atoms with Crippen molar-refractivity contribution in [2.45, 2.75) is 25.8 Å². The fraction of sp³-hybridized carbons (Fsp3) is 0.562. The molecule has 0 aliphatic carbocycles. The zero-order valence-corrected chi connectivity index (χ0v) is 11.8. The summed E-state index contributed by atoms with van der Waals surface area (Å²) in [7, 11) is 0. The number of benzene rings is 1. The molecule has 20 heavy (non-hydrogen) atoms. The van der Waals surface area contributed by atoms with Crippen molar-refractivity contribution in [1.82, 2.24) is 10.2 Å². The van der Waals surface area contributed by atoms with E-state index in [2.05, 4.69) is 5.32 Å². The van der Waals surface area contributed by atoms with Gasteiger partial charge in [-0.2, -0.15) is 0 Å². The van der Waals surface area contributed by atoms with E-state index in [4.69, 9.17) is 4.74 Å². The lowest BCUT2D eigenvalue weighted by Gasteiger charge is -2.26. The van der Waals surface area contributed by atoms with Crippen LogP contribution in [0.4, 0.5) is 0 Å². The highest BCUT2D eigenvalue weighted by Crippen LogP contribution is 2.24. The number of carbonyl (C=O) groups excluding carboxylic acids is 1. The van der Waals surface area contributed by atoms with E-state index >= 15 is 0 Å². The summed E-state index contributed by atoms with van der Waals surface area (Å²) in [5.41, 5.74) is 1.11.